The summed E-state index contributed by atoms with van der Waals surface area (Å²) >= 11 is 11.8. The van der Waals surface area contributed by atoms with Crippen LogP contribution in [0.15, 0.2) is 0 Å². The molecule has 0 unspecified atom stereocenters. The van der Waals surface area contributed by atoms with Gasteiger partial charge in [-0.15, -0.1) is 0 Å². The number of carbonyl (C=O) groups is 1. The van der Waals surface area contributed by atoms with Crippen LogP contribution in [0, 0.1) is 6.92 Å². The highest BCUT2D eigenvalue weighted by Crippen LogP contribution is 2.23. The van der Waals surface area contributed by atoms with Crippen LogP contribution in [-0.2, 0) is 4.79 Å². The van der Waals surface area contributed by atoms with Crippen LogP contribution in [0.25, 0.3) is 0 Å². The number of aromatic nitrogens is 2. The lowest BCUT2D eigenvalue weighted by Gasteiger charge is -2.26. The van der Waals surface area contributed by atoms with E-state index in [0.29, 0.717) is 34.9 Å². The van der Waals surface area contributed by atoms with E-state index in [0.717, 1.165) is 0 Å². The van der Waals surface area contributed by atoms with Crippen molar-refractivity contribution in [3.63, 3.8) is 0 Å². The van der Waals surface area contributed by atoms with Crippen LogP contribution in [0.1, 0.15) is 5.56 Å². The summed E-state index contributed by atoms with van der Waals surface area (Å²) in [5.74, 6) is 0.345. The van der Waals surface area contributed by atoms with Crippen molar-refractivity contribution in [3.8, 4) is 0 Å². The monoisotopic (exact) mass is 260 g/mol. The van der Waals surface area contributed by atoms with E-state index in [2.05, 4.69) is 15.3 Å². The van der Waals surface area contributed by atoms with Gasteiger partial charge in [0, 0.05) is 18.7 Å². The Morgan fingerprint density at radius 3 is 2.50 bits per heavy atom. The van der Waals surface area contributed by atoms with Gasteiger partial charge in [-0.2, -0.15) is 0 Å². The highest BCUT2D eigenvalue weighted by atomic mass is 35.5. The van der Waals surface area contributed by atoms with E-state index in [1.807, 2.05) is 0 Å². The third-order valence-electron chi connectivity index (χ3n) is 2.34. The van der Waals surface area contributed by atoms with E-state index in [9.17, 15) is 4.79 Å². The van der Waals surface area contributed by atoms with Crippen molar-refractivity contribution in [2.45, 2.75) is 6.92 Å². The van der Waals surface area contributed by atoms with Crippen molar-refractivity contribution < 1.29 is 4.79 Å². The van der Waals surface area contributed by atoms with Gasteiger partial charge in [-0.1, -0.05) is 23.2 Å². The molecule has 1 aliphatic heterocycles. The van der Waals surface area contributed by atoms with Gasteiger partial charge in [-0.25, -0.2) is 9.97 Å². The smallest absolute Gasteiger partial charge is 0.239 e. The van der Waals surface area contributed by atoms with Crippen LogP contribution in [0.4, 0.5) is 5.95 Å². The van der Waals surface area contributed by atoms with Gasteiger partial charge in [0.25, 0.3) is 0 Å². The largest absolute Gasteiger partial charge is 0.353 e. The number of nitrogens with zero attached hydrogens (tertiary/aromatic N) is 3. The molecule has 1 fully saturated rings. The molecule has 1 saturated heterocycles. The molecule has 86 valence electrons. The number of halogens is 2. The van der Waals surface area contributed by atoms with Gasteiger partial charge >= 0.3 is 0 Å². The fourth-order valence-electron chi connectivity index (χ4n) is 1.40. The molecule has 2 heterocycles. The van der Waals surface area contributed by atoms with E-state index >= 15 is 0 Å². The first-order valence-electron chi connectivity index (χ1n) is 4.79. The van der Waals surface area contributed by atoms with Crippen molar-refractivity contribution in [2.75, 3.05) is 24.5 Å². The number of hydrogen-bond donors (Lipinski definition) is 1. The summed E-state index contributed by atoms with van der Waals surface area (Å²) in [5.41, 5.74) is 0.647. The maximum Gasteiger partial charge on any atom is 0.239 e. The Kier molecular flexibility index (Phi) is 3.16. The Balaban J connectivity index is 2.30. The van der Waals surface area contributed by atoms with E-state index in [-0.39, 0.29) is 12.5 Å². The molecule has 1 aromatic rings. The molecule has 16 heavy (non-hydrogen) atoms. The molecule has 1 amide bonds. The molecule has 1 aliphatic rings. The summed E-state index contributed by atoms with van der Waals surface area (Å²) < 4.78 is 0. The molecule has 0 bridgehead atoms. The van der Waals surface area contributed by atoms with Gasteiger partial charge < -0.3 is 10.2 Å². The minimum atomic E-state index is -0.0531. The molecule has 7 heteroatoms. The molecular formula is C9H10Cl2N4O. The minimum Gasteiger partial charge on any atom is -0.353 e. The fourth-order valence-corrected chi connectivity index (χ4v) is 1.78. The zero-order valence-electron chi connectivity index (χ0n) is 8.63. The van der Waals surface area contributed by atoms with Crippen LogP contribution >= 0.6 is 23.2 Å². The molecule has 0 spiro atoms. The SMILES string of the molecule is Cc1c(Cl)nc(N2CCNC(=O)C2)nc1Cl. The Labute approximate surface area is 103 Å². The van der Waals surface area contributed by atoms with Crippen molar-refractivity contribution in [3.05, 3.63) is 15.9 Å². The zero-order valence-corrected chi connectivity index (χ0v) is 10.1. The molecule has 1 aromatic heterocycles. The van der Waals surface area contributed by atoms with E-state index < -0.39 is 0 Å². The number of hydrogen-bond acceptors (Lipinski definition) is 4. The Morgan fingerprint density at radius 1 is 1.31 bits per heavy atom. The third kappa shape index (κ3) is 2.20. The summed E-state index contributed by atoms with van der Waals surface area (Å²) in [4.78, 5) is 21.2. The van der Waals surface area contributed by atoms with Gasteiger partial charge in [-0.05, 0) is 6.92 Å². The zero-order chi connectivity index (χ0) is 11.7. The first kappa shape index (κ1) is 11.4. The lowest BCUT2D eigenvalue weighted by molar-refractivity contribution is -0.120. The van der Waals surface area contributed by atoms with Crippen molar-refractivity contribution in [2.24, 2.45) is 0 Å². The van der Waals surface area contributed by atoms with Crippen LogP contribution < -0.4 is 10.2 Å². The first-order chi connectivity index (χ1) is 7.58. The van der Waals surface area contributed by atoms with E-state index in [4.69, 9.17) is 23.2 Å². The first-order valence-corrected chi connectivity index (χ1v) is 5.55. The summed E-state index contributed by atoms with van der Waals surface area (Å²) in [6.45, 7) is 3.21. The van der Waals surface area contributed by atoms with Crippen LogP contribution in [0.2, 0.25) is 10.3 Å². The molecule has 1 N–H and O–H groups in total. The third-order valence-corrected chi connectivity index (χ3v) is 3.07. The van der Waals surface area contributed by atoms with Gasteiger partial charge in [0.2, 0.25) is 11.9 Å². The molecule has 0 aliphatic carbocycles. The molecule has 5 nitrogen and oxygen atoms in total. The highest BCUT2D eigenvalue weighted by Gasteiger charge is 2.20. The molecular weight excluding hydrogens is 251 g/mol. The second kappa shape index (κ2) is 4.43. The Bertz CT molecular complexity index is 415. The Morgan fingerprint density at radius 2 is 1.94 bits per heavy atom. The second-order valence-electron chi connectivity index (χ2n) is 3.50. The van der Waals surface area contributed by atoms with E-state index in [1.54, 1.807) is 11.8 Å². The lowest BCUT2D eigenvalue weighted by Crippen LogP contribution is -2.48. The summed E-state index contributed by atoms with van der Waals surface area (Å²) in [5, 5.41) is 3.36. The average Bonchev–Trinajstić information content (AvgIpc) is 2.25. The van der Waals surface area contributed by atoms with Crippen molar-refractivity contribution in [1.29, 1.82) is 0 Å². The van der Waals surface area contributed by atoms with E-state index in [1.165, 1.54) is 0 Å². The topological polar surface area (TPSA) is 58.1 Å². The van der Waals surface area contributed by atoms with Gasteiger partial charge in [-0.3, -0.25) is 4.79 Å². The number of nitrogens with one attached hydrogen (secondary N) is 1. The Hall–Kier alpha value is -1.07. The number of piperazine rings is 1. The second-order valence-corrected chi connectivity index (χ2v) is 4.22. The van der Waals surface area contributed by atoms with Crippen LogP contribution in [0.3, 0.4) is 0 Å². The molecule has 0 atom stereocenters. The average molecular weight is 261 g/mol. The van der Waals surface area contributed by atoms with Crippen molar-refractivity contribution in [1.82, 2.24) is 15.3 Å². The minimum absolute atomic E-state index is 0.0531. The quantitative estimate of drug-likeness (QED) is 0.767. The number of anilines is 1. The predicted octanol–water partition coefficient (Wildman–Crippen LogP) is 1.03. The standard InChI is InChI=1S/C9H10Cl2N4O/c1-5-7(10)13-9(14-8(5)11)15-3-2-12-6(16)4-15/h2-4H2,1H3,(H,12,16). The maximum absolute atomic E-state index is 11.2. The lowest BCUT2D eigenvalue weighted by atomic mass is 10.3. The summed E-state index contributed by atoms with van der Waals surface area (Å²) in [6.07, 6.45) is 0. The maximum atomic E-state index is 11.2. The van der Waals surface area contributed by atoms with Crippen LogP contribution in [-0.4, -0.2) is 35.5 Å². The van der Waals surface area contributed by atoms with Gasteiger partial charge in [0.05, 0.1) is 6.54 Å². The normalized spacial score (nSPS) is 16.2. The fraction of sp³-hybridized carbons (Fsp3) is 0.444. The van der Waals surface area contributed by atoms with Crippen LogP contribution in [0.5, 0.6) is 0 Å². The number of carbonyl (C=O) groups excluding carboxylic acids is 1. The number of amides is 1. The molecule has 2 rings (SSSR count). The number of rotatable bonds is 1. The highest BCUT2D eigenvalue weighted by molar-refractivity contribution is 6.34. The summed E-state index contributed by atoms with van der Waals surface area (Å²) in [6, 6.07) is 0. The predicted molar refractivity (Wildman–Crippen MR) is 62.0 cm³/mol. The summed E-state index contributed by atoms with van der Waals surface area (Å²) in [7, 11) is 0. The van der Waals surface area contributed by atoms with Crippen molar-refractivity contribution >= 4 is 35.1 Å². The molecule has 0 radical (unpaired) electrons. The molecule has 0 aromatic carbocycles. The van der Waals surface area contributed by atoms with Gasteiger partial charge in [0.1, 0.15) is 10.3 Å². The molecule has 0 saturated carbocycles. The van der Waals surface area contributed by atoms with Gasteiger partial charge in [0.15, 0.2) is 0 Å².